The topological polar surface area (TPSA) is 35.2 Å². The van der Waals surface area contributed by atoms with E-state index in [0.29, 0.717) is 19.4 Å². The third-order valence-corrected chi connectivity index (χ3v) is 3.30. The lowest BCUT2D eigenvalue weighted by atomic mass is 9.63. The highest BCUT2D eigenvalue weighted by molar-refractivity contribution is 5.36. The number of rotatable bonds is 3. The summed E-state index contributed by atoms with van der Waals surface area (Å²) in [5.41, 5.74) is 6.68. The van der Waals surface area contributed by atoms with Crippen LogP contribution in [0.2, 0.25) is 0 Å². The molecule has 0 spiro atoms. The summed E-state index contributed by atoms with van der Waals surface area (Å²) in [7, 11) is 1.63. The van der Waals surface area contributed by atoms with E-state index in [0.717, 1.165) is 11.3 Å². The minimum atomic E-state index is -0.695. The maximum atomic E-state index is 13.0. The van der Waals surface area contributed by atoms with Crippen LogP contribution in [0.5, 0.6) is 5.75 Å². The second-order valence-corrected chi connectivity index (χ2v) is 4.22. The lowest BCUT2D eigenvalue weighted by molar-refractivity contribution is 0.0995. The van der Waals surface area contributed by atoms with Crippen molar-refractivity contribution >= 4 is 0 Å². The molecule has 2 rings (SSSR count). The molecule has 1 fully saturated rings. The Morgan fingerprint density at radius 3 is 2.80 bits per heavy atom. The lowest BCUT2D eigenvalue weighted by Crippen LogP contribution is -2.48. The molecule has 1 saturated carbocycles. The van der Waals surface area contributed by atoms with E-state index in [1.165, 1.54) is 0 Å². The number of hydrogen-bond donors (Lipinski definition) is 1. The van der Waals surface area contributed by atoms with Gasteiger partial charge in [-0.2, -0.15) is 0 Å². The van der Waals surface area contributed by atoms with Crippen molar-refractivity contribution in [3.63, 3.8) is 0 Å². The number of halogens is 1. The first kappa shape index (κ1) is 10.4. The second kappa shape index (κ2) is 3.81. The molecule has 3 heteroatoms. The van der Waals surface area contributed by atoms with Gasteiger partial charge in [-0.1, -0.05) is 12.1 Å². The SMILES string of the molecule is COc1cccc(C2(CN)CC(F)C2)c1. The van der Waals surface area contributed by atoms with Crippen LogP contribution in [0.4, 0.5) is 4.39 Å². The van der Waals surface area contributed by atoms with E-state index in [1.54, 1.807) is 7.11 Å². The van der Waals surface area contributed by atoms with Crippen LogP contribution in [0.1, 0.15) is 18.4 Å². The van der Waals surface area contributed by atoms with Crippen LogP contribution in [-0.2, 0) is 5.41 Å². The van der Waals surface area contributed by atoms with Crippen LogP contribution >= 0.6 is 0 Å². The Hall–Kier alpha value is -1.09. The molecule has 1 aromatic rings. The van der Waals surface area contributed by atoms with Gasteiger partial charge in [0.2, 0.25) is 0 Å². The zero-order valence-corrected chi connectivity index (χ0v) is 8.87. The van der Waals surface area contributed by atoms with Gasteiger partial charge in [0, 0.05) is 12.0 Å². The summed E-state index contributed by atoms with van der Waals surface area (Å²) in [6, 6.07) is 7.77. The Morgan fingerprint density at radius 2 is 2.27 bits per heavy atom. The van der Waals surface area contributed by atoms with Crippen LogP contribution in [0, 0.1) is 0 Å². The fourth-order valence-corrected chi connectivity index (χ4v) is 2.26. The van der Waals surface area contributed by atoms with Crippen LogP contribution < -0.4 is 10.5 Å². The highest BCUT2D eigenvalue weighted by Gasteiger charge is 2.44. The van der Waals surface area contributed by atoms with Crippen molar-refractivity contribution in [2.45, 2.75) is 24.4 Å². The highest BCUT2D eigenvalue weighted by atomic mass is 19.1. The number of benzene rings is 1. The van der Waals surface area contributed by atoms with Gasteiger partial charge in [-0.05, 0) is 30.5 Å². The van der Waals surface area contributed by atoms with E-state index in [4.69, 9.17) is 10.5 Å². The average Bonchev–Trinajstić information content (AvgIpc) is 2.24. The van der Waals surface area contributed by atoms with Crippen LogP contribution in [0.3, 0.4) is 0 Å². The average molecular weight is 209 g/mol. The molecular weight excluding hydrogens is 193 g/mol. The largest absolute Gasteiger partial charge is 0.497 e. The maximum absolute atomic E-state index is 13.0. The molecule has 15 heavy (non-hydrogen) atoms. The van der Waals surface area contributed by atoms with Crippen LogP contribution in [-0.4, -0.2) is 19.8 Å². The van der Waals surface area contributed by atoms with Crippen LogP contribution in [0.15, 0.2) is 24.3 Å². The fraction of sp³-hybridized carbons (Fsp3) is 0.500. The predicted molar refractivity (Wildman–Crippen MR) is 57.9 cm³/mol. The van der Waals surface area contributed by atoms with Gasteiger partial charge in [0.15, 0.2) is 0 Å². The first-order chi connectivity index (χ1) is 7.20. The Morgan fingerprint density at radius 1 is 1.53 bits per heavy atom. The molecular formula is C12H16FNO. The van der Waals surface area contributed by atoms with Crippen molar-refractivity contribution in [2.24, 2.45) is 5.73 Å². The van der Waals surface area contributed by atoms with E-state index in [9.17, 15) is 4.39 Å². The zero-order chi connectivity index (χ0) is 10.9. The number of alkyl halides is 1. The van der Waals surface area contributed by atoms with Crippen LogP contribution in [0.25, 0.3) is 0 Å². The Balaban J connectivity index is 2.27. The van der Waals surface area contributed by atoms with E-state index in [2.05, 4.69) is 0 Å². The third kappa shape index (κ3) is 1.72. The molecule has 0 amide bonds. The molecule has 0 saturated heterocycles. The van der Waals surface area contributed by atoms with E-state index in [-0.39, 0.29) is 5.41 Å². The van der Waals surface area contributed by atoms with Gasteiger partial charge in [-0.15, -0.1) is 0 Å². The van der Waals surface area contributed by atoms with Crippen molar-refractivity contribution in [3.8, 4) is 5.75 Å². The van der Waals surface area contributed by atoms with Gasteiger partial charge in [-0.3, -0.25) is 0 Å². The summed E-state index contributed by atoms with van der Waals surface area (Å²) < 4.78 is 18.1. The Bertz CT molecular complexity index is 347. The summed E-state index contributed by atoms with van der Waals surface area (Å²) in [5.74, 6) is 0.808. The van der Waals surface area contributed by atoms with E-state index in [1.807, 2.05) is 24.3 Å². The molecule has 0 aromatic heterocycles. The van der Waals surface area contributed by atoms with Gasteiger partial charge in [0.25, 0.3) is 0 Å². The number of nitrogens with two attached hydrogens (primary N) is 1. The Labute approximate surface area is 89.2 Å². The van der Waals surface area contributed by atoms with Gasteiger partial charge in [-0.25, -0.2) is 4.39 Å². The first-order valence-corrected chi connectivity index (χ1v) is 5.19. The Kier molecular flexibility index (Phi) is 2.65. The number of ether oxygens (including phenoxy) is 1. The normalized spacial score (nSPS) is 29.7. The van der Waals surface area contributed by atoms with Crippen molar-refractivity contribution in [2.75, 3.05) is 13.7 Å². The molecule has 1 aliphatic rings. The van der Waals surface area contributed by atoms with E-state index < -0.39 is 6.17 Å². The standard InChI is InChI=1S/C12H16FNO/c1-15-11-4-2-3-9(5-11)12(8-14)6-10(13)7-12/h2-5,10H,6-8,14H2,1H3. The highest BCUT2D eigenvalue weighted by Crippen LogP contribution is 2.45. The van der Waals surface area contributed by atoms with Crippen molar-refractivity contribution < 1.29 is 9.13 Å². The minimum Gasteiger partial charge on any atom is -0.497 e. The zero-order valence-electron chi connectivity index (χ0n) is 8.87. The van der Waals surface area contributed by atoms with Crippen molar-refractivity contribution in [1.29, 1.82) is 0 Å². The fourth-order valence-electron chi connectivity index (χ4n) is 2.26. The van der Waals surface area contributed by atoms with Gasteiger partial charge in [0.05, 0.1) is 7.11 Å². The monoisotopic (exact) mass is 209 g/mol. The molecule has 1 aromatic carbocycles. The molecule has 2 N–H and O–H groups in total. The number of methoxy groups -OCH3 is 1. The first-order valence-electron chi connectivity index (χ1n) is 5.19. The van der Waals surface area contributed by atoms with Gasteiger partial charge < -0.3 is 10.5 Å². The smallest absolute Gasteiger partial charge is 0.119 e. The summed E-state index contributed by atoms with van der Waals surface area (Å²) in [4.78, 5) is 0. The molecule has 0 unspecified atom stereocenters. The quantitative estimate of drug-likeness (QED) is 0.826. The van der Waals surface area contributed by atoms with Gasteiger partial charge in [0.1, 0.15) is 11.9 Å². The maximum Gasteiger partial charge on any atom is 0.119 e. The molecule has 1 aliphatic carbocycles. The molecule has 82 valence electrons. The number of hydrogen-bond acceptors (Lipinski definition) is 2. The predicted octanol–water partition coefficient (Wildman–Crippen LogP) is 2.02. The second-order valence-electron chi connectivity index (χ2n) is 4.22. The molecule has 2 nitrogen and oxygen atoms in total. The third-order valence-electron chi connectivity index (χ3n) is 3.30. The summed E-state index contributed by atoms with van der Waals surface area (Å²) >= 11 is 0. The summed E-state index contributed by atoms with van der Waals surface area (Å²) in [6.07, 6.45) is 0.382. The lowest BCUT2D eigenvalue weighted by Gasteiger charge is -2.44. The molecule has 0 atom stereocenters. The van der Waals surface area contributed by atoms with Gasteiger partial charge >= 0.3 is 0 Å². The molecule has 0 aliphatic heterocycles. The van der Waals surface area contributed by atoms with E-state index >= 15 is 0 Å². The van der Waals surface area contributed by atoms with Crippen molar-refractivity contribution in [1.82, 2.24) is 0 Å². The summed E-state index contributed by atoms with van der Waals surface area (Å²) in [5, 5.41) is 0. The minimum absolute atomic E-state index is 0.159. The molecule has 0 radical (unpaired) electrons. The van der Waals surface area contributed by atoms with Crippen molar-refractivity contribution in [3.05, 3.63) is 29.8 Å². The molecule has 0 heterocycles. The summed E-state index contributed by atoms with van der Waals surface area (Å²) in [6.45, 7) is 0.501. The molecule has 0 bridgehead atoms.